The third-order valence-corrected chi connectivity index (χ3v) is 3.23. The SMILES string of the molecule is CCC(C)(CCCl)NC(=O)c1cc(F)ccc1O. The van der Waals surface area contributed by atoms with Gasteiger partial charge >= 0.3 is 0 Å². The first-order valence-electron chi connectivity index (χ1n) is 5.79. The van der Waals surface area contributed by atoms with Crippen LogP contribution in [0.2, 0.25) is 0 Å². The molecule has 0 saturated carbocycles. The van der Waals surface area contributed by atoms with E-state index in [2.05, 4.69) is 5.32 Å². The van der Waals surface area contributed by atoms with E-state index in [1.165, 1.54) is 0 Å². The smallest absolute Gasteiger partial charge is 0.255 e. The lowest BCUT2D eigenvalue weighted by Gasteiger charge is -2.29. The molecule has 0 aliphatic carbocycles. The summed E-state index contributed by atoms with van der Waals surface area (Å²) in [4.78, 5) is 12.0. The monoisotopic (exact) mass is 273 g/mol. The van der Waals surface area contributed by atoms with Crippen LogP contribution in [-0.2, 0) is 0 Å². The number of hydrogen-bond donors (Lipinski definition) is 2. The Morgan fingerprint density at radius 2 is 2.22 bits per heavy atom. The van der Waals surface area contributed by atoms with Crippen LogP contribution in [0, 0.1) is 5.82 Å². The van der Waals surface area contributed by atoms with Crippen molar-refractivity contribution in [1.82, 2.24) is 5.32 Å². The summed E-state index contributed by atoms with van der Waals surface area (Å²) in [5.41, 5.74) is -0.526. The minimum absolute atomic E-state index is 0.0655. The third kappa shape index (κ3) is 3.60. The van der Waals surface area contributed by atoms with Crippen LogP contribution in [0.5, 0.6) is 5.75 Å². The molecular weight excluding hydrogens is 257 g/mol. The Balaban J connectivity index is 2.90. The maximum absolute atomic E-state index is 13.1. The topological polar surface area (TPSA) is 49.3 Å². The molecule has 0 aliphatic heterocycles. The minimum atomic E-state index is -0.562. The summed E-state index contributed by atoms with van der Waals surface area (Å²) in [5.74, 6) is -0.882. The lowest BCUT2D eigenvalue weighted by Crippen LogP contribution is -2.45. The fraction of sp³-hybridized carbons (Fsp3) is 0.462. The number of carbonyl (C=O) groups is 1. The first-order valence-corrected chi connectivity index (χ1v) is 6.32. The summed E-state index contributed by atoms with van der Waals surface area (Å²) in [6.45, 7) is 3.79. The van der Waals surface area contributed by atoms with Crippen LogP contribution < -0.4 is 5.32 Å². The zero-order chi connectivity index (χ0) is 13.8. The molecular formula is C13H17ClFNO2. The summed E-state index contributed by atoms with van der Waals surface area (Å²) in [6.07, 6.45) is 1.30. The van der Waals surface area contributed by atoms with Crippen molar-refractivity contribution in [3.63, 3.8) is 0 Å². The van der Waals surface area contributed by atoms with Crippen molar-refractivity contribution in [2.45, 2.75) is 32.2 Å². The molecule has 3 nitrogen and oxygen atoms in total. The second kappa shape index (κ2) is 6.05. The highest BCUT2D eigenvalue weighted by atomic mass is 35.5. The Kier molecular flexibility index (Phi) is 4.96. The van der Waals surface area contributed by atoms with Crippen molar-refractivity contribution in [3.8, 4) is 5.75 Å². The summed E-state index contributed by atoms with van der Waals surface area (Å²) >= 11 is 5.69. The highest BCUT2D eigenvalue weighted by molar-refractivity contribution is 6.17. The quantitative estimate of drug-likeness (QED) is 0.810. The molecule has 2 N–H and O–H groups in total. The molecule has 5 heteroatoms. The number of carbonyl (C=O) groups excluding carboxylic acids is 1. The highest BCUT2D eigenvalue weighted by Gasteiger charge is 2.25. The Labute approximate surface area is 111 Å². The number of amides is 1. The van der Waals surface area contributed by atoms with Crippen LogP contribution >= 0.6 is 11.6 Å². The number of nitrogens with one attached hydrogen (secondary N) is 1. The van der Waals surface area contributed by atoms with Crippen LogP contribution in [0.25, 0.3) is 0 Å². The minimum Gasteiger partial charge on any atom is -0.507 e. The normalized spacial score (nSPS) is 14.0. The maximum Gasteiger partial charge on any atom is 0.255 e. The van der Waals surface area contributed by atoms with E-state index in [1.807, 2.05) is 13.8 Å². The molecule has 1 amide bonds. The molecule has 18 heavy (non-hydrogen) atoms. The van der Waals surface area contributed by atoms with E-state index < -0.39 is 17.3 Å². The second-order valence-corrected chi connectivity index (χ2v) is 4.85. The van der Waals surface area contributed by atoms with Crippen molar-refractivity contribution < 1.29 is 14.3 Å². The van der Waals surface area contributed by atoms with Gasteiger partial charge in [-0.3, -0.25) is 4.79 Å². The molecule has 0 bridgehead atoms. The zero-order valence-electron chi connectivity index (χ0n) is 10.5. The molecule has 0 radical (unpaired) electrons. The average molecular weight is 274 g/mol. The summed E-state index contributed by atoms with van der Waals surface area (Å²) < 4.78 is 13.1. The van der Waals surface area contributed by atoms with Crippen molar-refractivity contribution in [3.05, 3.63) is 29.6 Å². The number of phenols is 1. The molecule has 1 unspecified atom stereocenters. The van der Waals surface area contributed by atoms with Crippen LogP contribution in [0.3, 0.4) is 0 Å². The van der Waals surface area contributed by atoms with E-state index in [1.54, 1.807) is 0 Å². The first-order chi connectivity index (χ1) is 8.41. The standard InChI is InChI=1S/C13H17ClFNO2/c1-3-13(2,6-7-14)16-12(18)10-8-9(15)4-5-11(10)17/h4-5,8,17H,3,6-7H2,1-2H3,(H,16,18). The summed E-state index contributed by atoms with van der Waals surface area (Å²) in [6, 6.07) is 3.28. The number of alkyl halides is 1. The van der Waals surface area contributed by atoms with Gasteiger partial charge in [-0.05, 0) is 38.0 Å². The molecule has 0 heterocycles. The zero-order valence-corrected chi connectivity index (χ0v) is 11.2. The number of hydrogen-bond acceptors (Lipinski definition) is 2. The molecule has 1 atom stereocenters. The van der Waals surface area contributed by atoms with Gasteiger partial charge in [0.25, 0.3) is 5.91 Å². The molecule has 0 aromatic heterocycles. The van der Waals surface area contributed by atoms with Gasteiger partial charge in [0.2, 0.25) is 0 Å². The lowest BCUT2D eigenvalue weighted by atomic mass is 9.95. The number of phenolic OH excluding ortho intramolecular Hbond substituents is 1. The lowest BCUT2D eigenvalue weighted by molar-refractivity contribution is 0.0898. The Morgan fingerprint density at radius 3 is 2.78 bits per heavy atom. The molecule has 100 valence electrons. The van der Waals surface area contributed by atoms with E-state index in [-0.39, 0.29) is 11.3 Å². The van der Waals surface area contributed by atoms with Crippen LogP contribution in [0.15, 0.2) is 18.2 Å². The van der Waals surface area contributed by atoms with Crippen LogP contribution in [0.4, 0.5) is 4.39 Å². The van der Waals surface area contributed by atoms with Crippen molar-refractivity contribution in [2.24, 2.45) is 0 Å². The van der Waals surface area contributed by atoms with E-state index in [0.29, 0.717) is 18.7 Å². The average Bonchev–Trinajstić information content (AvgIpc) is 2.32. The molecule has 0 fully saturated rings. The number of aromatic hydroxyl groups is 1. The van der Waals surface area contributed by atoms with Gasteiger partial charge in [0, 0.05) is 11.4 Å². The largest absolute Gasteiger partial charge is 0.507 e. The second-order valence-electron chi connectivity index (χ2n) is 4.47. The van der Waals surface area contributed by atoms with Gasteiger partial charge in [-0.25, -0.2) is 4.39 Å². The Morgan fingerprint density at radius 1 is 1.56 bits per heavy atom. The number of benzene rings is 1. The van der Waals surface area contributed by atoms with Crippen molar-refractivity contribution in [2.75, 3.05) is 5.88 Å². The van der Waals surface area contributed by atoms with Gasteiger partial charge in [-0.1, -0.05) is 6.92 Å². The predicted octanol–water partition coefficient (Wildman–Crippen LogP) is 3.06. The Hall–Kier alpha value is -1.29. The van der Waals surface area contributed by atoms with E-state index in [9.17, 15) is 14.3 Å². The fourth-order valence-electron chi connectivity index (χ4n) is 1.57. The van der Waals surface area contributed by atoms with E-state index >= 15 is 0 Å². The van der Waals surface area contributed by atoms with Crippen LogP contribution in [0.1, 0.15) is 37.0 Å². The number of halogens is 2. The molecule has 1 rings (SSSR count). The van der Waals surface area contributed by atoms with Gasteiger partial charge in [0.15, 0.2) is 0 Å². The third-order valence-electron chi connectivity index (χ3n) is 3.05. The highest BCUT2D eigenvalue weighted by Crippen LogP contribution is 2.21. The first kappa shape index (κ1) is 14.8. The van der Waals surface area contributed by atoms with Crippen molar-refractivity contribution in [1.29, 1.82) is 0 Å². The van der Waals surface area contributed by atoms with E-state index in [4.69, 9.17) is 11.6 Å². The molecule has 0 saturated heterocycles. The summed E-state index contributed by atoms with van der Waals surface area (Å²) in [5, 5.41) is 12.3. The molecule has 1 aromatic carbocycles. The maximum atomic E-state index is 13.1. The van der Waals surface area contributed by atoms with Crippen LogP contribution in [-0.4, -0.2) is 22.4 Å². The number of rotatable bonds is 5. The summed E-state index contributed by atoms with van der Waals surface area (Å²) in [7, 11) is 0. The van der Waals surface area contributed by atoms with Gasteiger partial charge in [-0.2, -0.15) is 0 Å². The Bertz CT molecular complexity index is 439. The van der Waals surface area contributed by atoms with Gasteiger partial charge in [0.1, 0.15) is 11.6 Å². The van der Waals surface area contributed by atoms with Crippen molar-refractivity contribution >= 4 is 17.5 Å². The predicted molar refractivity (Wildman–Crippen MR) is 69.6 cm³/mol. The molecule has 0 aliphatic rings. The van der Waals surface area contributed by atoms with Gasteiger partial charge in [-0.15, -0.1) is 11.6 Å². The fourth-order valence-corrected chi connectivity index (χ4v) is 1.98. The van der Waals surface area contributed by atoms with E-state index in [0.717, 1.165) is 18.2 Å². The molecule has 0 spiro atoms. The van der Waals surface area contributed by atoms with Gasteiger partial charge in [0.05, 0.1) is 5.56 Å². The molecule has 1 aromatic rings. The van der Waals surface area contributed by atoms with Gasteiger partial charge < -0.3 is 10.4 Å².